The predicted octanol–water partition coefficient (Wildman–Crippen LogP) is 1.93. The Hall–Kier alpha value is -1.37. The van der Waals surface area contributed by atoms with Crippen LogP contribution in [0.2, 0.25) is 0 Å². The number of ether oxygens (including phenoxy) is 1. The van der Waals surface area contributed by atoms with E-state index in [1.165, 1.54) is 0 Å². The third kappa shape index (κ3) is 2.98. The monoisotopic (exact) mass is 388 g/mol. The summed E-state index contributed by atoms with van der Waals surface area (Å²) in [6.45, 7) is 1.85. The van der Waals surface area contributed by atoms with Gasteiger partial charge in [-0.1, -0.05) is 12.8 Å². The molecule has 26 heavy (non-hydrogen) atoms. The van der Waals surface area contributed by atoms with Crippen LogP contribution in [0.5, 0.6) is 0 Å². The molecule has 10 heteroatoms. The van der Waals surface area contributed by atoms with Crippen LogP contribution in [0.4, 0.5) is 0 Å². The van der Waals surface area contributed by atoms with E-state index in [9.17, 15) is 24.8 Å². The smallest absolute Gasteiger partial charge is 0.446 e. The Bertz CT molecular complexity index is 682. The molecule has 0 aromatic carbocycles. The van der Waals surface area contributed by atoms with Crippen LogP contribution in [-0.4, -0.2) is 53.5 Å². The lowest BCUT2D eigenvalue weighted by Gasteiger charge is -2.45. The van der Waals surface area contributed by atoms with E-state index in [1.54, 1.807) is 6.92 Å². The van der Waals surface area contributed by atoms with Crippen LogP contribution in [0.3, 0.4) is 0 Å². The van der Waals surface area contributed by atoms with Gasteiger partial charge in [-0.15, -0.1) is 0 Å². The quantitative estimate of drug-likeness (QED) is 0.231. The molecular weight excluding hydrogens is 363 g/mol. The van der Waals surface area contributed by atoms with Crippen molar-refractivity contribution in [2.75, 3.05) is 20.8 Å². The number of aliphatic hydroxyl groups is 1. The summed E-state index contributed by atoms with van der Waals surface area (Å²) >= 11 is 0. The highest BCUT2D eigenvalue weighted by molar-refractivity contribution is 7.74. The van der Waals surface area contributed by atoms with Crippen LogP contribution < -0.4 is 0 Å². The van der Waals surface area contributed by atoms with Crippen molar-refractivity contribution in [1.29, 1.82) is 0 Å². The van der Waals surface area contributed by atoms with Gasteiger partial charge in [0.25, 0.3) is 5.78 Å². The van der Waals surface area contributed by atoms with Crippen molar-refractivity contribution in [3.8, 4) is 0 Å². The molecule has 0 aliphatic heterocycles. The Kier molecular flexibility index (Phi) is 6.20. The number of Topliss-reactive ketones (excluding diaryl/α,β-unsaturated/α-hetero) is 1. The summed E-state index contributed by atoms with van der Waals surface area (Å²) in [7, 11) is -1.98. The Morgan fingerprint density at radius 3 is 2.38 bits per heavy atom. The van der Waals surface area contributed by atoms with Crippen molar-refractivity contribution in [2.24, 2.45) is 11.3 Å². The van der Waals surface area contributed by atoms with Crippen molar-refractivity contribution in [2.45, 2.75) is 51.0 Å². The van der Waals surface area contributed by atoms with Gasteiger partial charge in [-0.3, -0.25) is 9.59 Å². The molecule has 2 fully saturated rings. The highest BCUT2D eigenvalue weighted by Gasteiger charge is 2.68. The topological polar surface area (TPSA) is 136 Å². The first-order valence-electron chi connectivity index (χ1n) is 8.64. The van der Waals surface area contributed by atoms with E-state index in [0.717, 1.165) is 20.6 Å². The summed E-state index contributed by atoms with van der Waals surface area (Å²) in [6, 6.07) is 0. The number of esters is 1. The van der Waals surface area contributed by atoms with E-state index in [-0.39, 0.29) is 25.9 Å². The molecule has 9 nitrogen and oxygen atoms in total. The van der Waals surface area contributed by atoms with Crippen molar-refractivity contribution in [3.63, 3.8) is 0 Å². The second kappa shape index (κ2) is 7.71. The second-order valence-electron chi connectivity index (χ2n) is 6.68. The average molecular weight is 388 g/mol. The van der Waals surface area contributed by atoms with Crippen LogP contribution in [-0.2, 0) is 27.9 Å². The molecule has 0 radical (unpaired) electrons. The van der Waals surface area contributed by atoms with E-state index in [0.29, 0.717) is 12.8 Å². The van der Waals surface area contributed by atoms with E-state index in [1.807, 2.05) is 0 Å². The lowest BCUT2D eigenvalue weighted by atomic mass is 9.62. The van der Waals surface area contributed by atoms with Crippen molar-refractivity contribution in [1.82, 2.24) is 0 Å². The molecule has 0 unspecified atom stereocenters. The summed E-state index contributed by atoms with van der Waals surface area (Å²) < 4.78 is 27.2. The number of rotatable bonds is 7. The van der Waals surface area contributed by atoms with Crippen LogP contribution in [0.25, 0.3) is 5.53 Å². The third-order valence-corrected chi connectivity index (χ3v) is 7.50. The maximum absolute atomic E-state index is 13.0. The zero-order valence-corrected chi connectivity index (χ0v) is 16.2. The number of ketones is 1. The zero-order valence-electron chi connectivity index (χ0n) is 15.3. The minimum absolute atomic E-state index is 0.168. The summed E-state index contributed by atoms with van der Waals surface area (Å²) in [5.41, 5.74) is 5.64. The van der Waals surface area contributed by atoms with Gasteiger partial charge in [0.2, 0.25) is 0 Å². The van der Waals surface area contributed by atoms with E-state index >= 15 is 0 Å². The number of carbonyl (C=O) groups excluding carboxylic acids is 2. The average Bonchev–Trinajstić information content (AvgIpc) is 2.96. The van der Waals surface area contributed by atoms with Crippen molar-refractivity contribution >= 4 is 24.8 Å². The van der Waals surface area contributed by atoms with Gasteiger partial charge in [0.05, 0.1) is 23.5 Å². The van der Waals surface area contributed by atoms with E-state index < -0.39 is 41.7 Å². The summed E-state index contributed by atoms with van der Waals surface area (Å²) in [6.07, 6.45) is 2.45. The van der Waals surface area contributed by atoms with Crippen LogP contribution >= 0.6 is 7.60 Å². The maximum atomic E-state index is 13.0. The zero-order chi connectivity index (χ0) is 19.6. The van der Waals surface area contributed by atoms with Crippen molar-refractivity contribution < 1.29 is 37.8 Å². The first-order chi connectivity index (χ1) is 12.3. The largest absolute Gasteiger partial charge is 0.465 e. The Morgan fingerprint density at radius 1 is 1.23 bits per heavy atom. The molecule has 0 aromatic rings. The highest BCUT2D eigenvalue weighted by Crippen LogP contribution is 2.60. The molecule has 0 spiro atoms. The second-order valence-corrected chi connectivity index (χ2v) is 8.82. The van der Waals surface area contributed by atoms with Gasteiger partial charge in [0.1, 0.15) is 0 Å². The summed E-state index contributed by atoms with van der Waals surface area (Å²) in [5.74, 6) is -2.42. The normalized spacial score (nSPS) is 31.0. The number of hydrogen-bond donors (Lipinski definition) is 1. The lowest BCUT2D eigenvalue weighted by Crippen LogP contribution is -2.57. The Morgan fingerprint density at radius 2 is 1.85 bits per heavy atom. The fourth-order valence-corrected chi connectivity index (χ4v) is 5.43. The highest BCUT2D eigenvalue weighted by atomic mass is 31.2. The molecule has 0 saturated heterocycles. The standard InChI is InChI=1S/C16H25N2O7P/c1-4-25-14(20)15-8-5-6-9-16(15,21)11(7-10-15)12(19)13(18-17)26(22,23-2)24-3/h11,21H,4-10H2,1-3H3/t11-,15+,16+/m1/s1. The molecule has 2 saturated carbocycles. The SMILES string of the molecule is CCOC(=O)[C@@]12CCCC[C@]1(O)[C@@H](C(=O)C(=[N+]=[N-])P(=O)(OC)OC)CC2. The van der Waals surface area contributed by atoms with Gasteiger partial charge < -0.3 is 24.4 Å². The minimum atomic E-state index is -4.11. The number of fused-ring (bicyclic) bond motifs is 1. The van der Waals surface area contributed by atoms with Gasteiger partial charge in [-0.2, -0.15) is 4.79 Å². The number of hydrogen-bond acceptors (Lipinski definition) is 7. The molecule has 146 valence electrons. The summed E-state index contributed by atoms with van der Waals surface area (Å²) in [5, 5.41) is 11.4. The van der Waals surface area contributed by atoms with E-state index in [2.05, 4.69) is 4.79 Å². The van der Waals surface area contributed by atoms with E-state index in [4.69, 9.17) is 13.8 Å². The molecular formula is C16H25N2O7P. The molecule has 2 aliphatic carbocycles. The molecule has 0 bridgehead atoms. The molecule has 2 rings (SSSR count). The fourth-order valence-electron chi connectivity index (χ4n) is 4.40. The van der Waals surface area contributed by atoms with Gasteiger partial charge in [-0.05, 0) is 32.6 Å². The molecule has 1 N–H and O–H groups in total. The fraction of sp³-hybridized carbons (Fsp3) is 0.812. The third-order valence-electron chi connectivity index (χ3n) is 5.71. The van der Waals surface area contributed by atoms with Crippen molar-refractivity contribution in [3.05, 3.63) is 5.53 Å². The maximum Gasteiger partial charge on any atom is 0.446 e. The number of carbonyl (C=O) groups is 2. The first kappa shape index (κ1) is 20.9. The summed E-state index contributed by atoms with van der Waals surface area (Å²) in [4.78, 5) is 28.5. The Balaban J connectivity index is 2.45. The number of nitrogens with zero attached hydrogens (tertiary/aromatic N) is 2. The first-order valence-corrected chi connectivity index (χ1v) is 10.2. The van der Waals surface area contributed by atoms with Crippen LogP contribution in [0.15, 0.2) is 0 Å². The van der Waals surface area contributed by atoms with Crippen LogP contribution in [0.1, 0.15) is 45.4 Å². The molecule has 3 atom stereocenters. The van der Waals surface area contributed by atoms with Gasteiger partial charge in [-0.25, -0.2) is 4.57 Å². The minimum Gasteiger partial charge on any atom is -0.465 e. The van der Waals surface area contributed by atoms with Gasteiger partial charge >= 0.3 is 19.0 Å². The van der Waals surface area contributed by atoms with Gasteiger partial charge in [0, 0.05) is 14.2 Å². The molecule has 0 amide bonds. The molecule has 0 heterocycles. The molecule has 0 aromatic heterocycles. The Labute approximate surface area is 152 Å². The molecule has 2 aliphatic rings. The lowest BCUT2D eigenvalue weighted by molar-refractivity contribution is -0.183. The van der Waals surface area contributed by atoms with Crippen LogP contribution in [0, 0.1) is 11.3 Å². The predicted molar refractivity (Wildman–Crippen MR) is 90.5 cm³/mol. The van der Waals surface area contributed by atoms with Gasteiger partial charge in [0.15, 0.2) is 0 Å².